The van der Waals surface area contributed by atoms with Gasteiger partial charge in [-0.1, -0.05) is 36.0 Å². The molecule has 0 radical (unpaired) electrons. The van der Waals surface area contributed by atoms with Crippen LogP contribution in [0.4, 0.5) is 0 Å². The molecule has 0 spiro atoms. The van der Waals surface area contributed by atoms with Crippen molar-refractivity contribution in [2.24, 2.45) is 0 Å². The van der Waals surface area contributed by atoms with Crippen molar-refractivity contribution in [2.75, 3.05) is 12.4 Å². The number of thioether (sulfide) groups is 1. The number of para-hydroxylation sites is 1. The van der Waals surface area contributed by atoms with Crippen LogP contribution in [0.25, 0.3) is 11.4 Å². The van der Waals surface area contributed by atoms with Gasteiger partial charge >= 0.3 is 0 Å². The number of benzene rings is 1. The van der Waals surface area contributed by atoms with Crippen molar-refractivity contribution in [3.63, 3.8) is 0 Å². The first-order valence-corrected chi connectivity index (χ1v) is 9.04. The number of ether oxygens (including phenoxy) is 1. The molecule has 0 unspecified atom stereocenters. The van der Waals surface area contributed by atoms with Crippen LogP contribution in [0.15, 0.2) is 66.6 Å². The maximum absolute atomic E-state index is 5.84. The lowest BCUT2D eigenvalue weighted by atomic mass is 10.2. The average Bonchev–Trinajstić information content (AvgIpc) is 3.04. The van der Waals surface area contributed by atoms with Crippen molar-refractivity contribution in [2.45, 2.75) is 18.6 Å². The SMILES string of the molecule is C=CCn1c(SCCOc2ccccc2C)nnc1-c1ccncc1. The average molecular weight is 352 g/mol. The van der Waals surface area contributed by atoms with Gasteiger partial charge in [-0.2, -0.15) is 0 Å². The molecule has 3 rings (SSSR count). The first-order chi connectivity index (χ1) is 12.3. The van der Waals surface area contributed by atoms with E-state index < -0.39 is 0 Å². The molecule has 0 aliphatic carbocycles. The smallest absolute Gasteiger partial charge is 0.191 e. The predicted octanol–water partition coefficient (Wildman–Crippen LogP) is 4.01. The number of pyridine rings is 1. The van der Waals surface area contributed by atoms with E-state index in [1.165, 1.54) is 0 Å². The Bertz CT molecular complexity index is 832. The molecule has 0 amide bonds. The molecule has 3 aromatic rings. The minimum absolute atomic E-state index is 0.612. The number of hydrogen-bond donors (Lipinski definition) is 0. The number of rotatable bonds is 8. The molecule has 0 aliphatic rings. The van der Waals surface area contributed by atoms with Crippen LogP contribution in [-0.2, 0) is 6.54 Å². The molecule has 1 aromatic carbocycles. The summed E-state index contributed by atoms with van der Waals surface area (Å²) in [7, 11) is 0. The van der Waals surface area contributed by atoms with Crippen LogP contribution in [0.1, 0.15) is 5.56 Å². The fraction of sp³-hybridized carbons (Fsp3) is 0.211. The third kappa shape index (κ3) is 4.28. The standard InChI is InChI=1S/C19H20N4OS/c1-3-12-23-18(16-8-10-20-11-9-16)21-22-19(23)25-14-13-24-17-7-5-4-6-15(17)2/h3-11H,1,12-14H2,2H3. The van der Waals surface area contributed by atoms with Gasteiger partial charge < -0.3 is 4.74 Å². The molecule has 2 heterocycles. The van der Waals surface area contributed by atoms with E-state index in [4.69, 9.17) is 4.74 Å². The highest BCUT2D eigenvalue weighted by Crippen LogP contribution is 2.24. The first kappa shape index (κ1) is 17.2. The van der Waals surface area contributed by atoms with E-state index in [0.29, 0.717) is 13.2 Å². The highest BCUT2D eigenvalue weighted by Gasteiger charge is 2.13. The van der Waals surface area contributed by atoms with E-state index >= 15 is 0 Å². The fourth-order valence-electron chi connectivity index (χ4n) is 2.41. The Hall–Kier alpha value is -2.60. The molecule has 6 heteroatoms. The Morgan fingerprint density at radius 1 is 1.16 bits per heavy atom. The van der Waals surface area contributed by atoms with Crippen LogP contribution in [0.5, 0.6) is 5.75 Å². The molecule has 0 N–H and O–H groups in total. The van der Waals surface area contributed by atoms with E-state index in [1.54, 1.807) is 24.2 Å². The number of nitrogens with zero attached hydrogens (tertiary/aromatic N) is 4. The fourth-order valence-corrected chi connectivity index (χ4v) is 3.17. The van der Waals surface area contributed by atoms with Gasteiger partial charge in [-0.05, 0) is 30.7 Å². The second kappa shape index (κ2) is 8.48. The van der Waals surface area contributed by atoms with E-state index in [2.05, 4.69) is 26.3 Å². The van der Waals surface area contributed by atoms with Crippen LogP contribution in [0, 0.1) is 6.92 Å². The molecule has 0 saturated heterocycles. The molecule has 5 nitrogen and oxygen atoms in total. The Balaban J connectivity index is 1.65. The lowest BCUT2D eigenvalue weighted by Crippen LogP contribution is -2.04. The zero-order valence-electron chi connectivity index (χ0n) is 14.1. The summed E-state index contributed by atoms with van der Waals surface area (Å²) >= 11 is 1.63. The summed E-state index contributed by atoms with van der Waals surface area (Å²) in [5, 5.41) is 9.52. The largest absolute Gasteiger partial charge is 0.492 e. The number of aromatic nitrogens is 4. The van der Waals surface area contributed by atoms with Gasteiger partial charge in [-0.3, -0.25) is 9.55 Å². The van der Waals surface area contributed by atoms with Gasteiger partial charge in [0.1, 0.15) is 5.75 Å². The maximum atomic E-state index is 5.84. The Kier molecular flexibility index (Phi) is 5.85. The minimum atomic E-state index is 0.612. The molecule has 128 valence electrons. The van der Waals surface area contributed by atoms with Crippen LogP contribution >= 0.6 is 11.8 Å². The summed E-state index contributed by atoms with van der Waals surface area (Å²) in [6.45, 7) is 7.15. The zero-order valence-corrected chi connectivity index (χ0v) is 14.9. The molecule has 25 heavy (non-hydrogen) atoms. The van der Waals surface area contributed by atoms with Crippen LogP contribution in [-0.4, -0.2) is 32.1 Å². The Morgan fingerprint density at radius 3 is 2.72 bits per heavy atom. The van der Waals surface area contributed by atoms with Crippen LogP contribution in [0.2, 0.25) is 0 Å². The van der Waals surface area contributed by atoms with Gasteiger partial charge in [0.2, 0.25) is 0 Å². The maximum Gasteiger partial charge on any atom is 0.191 e. The summed E-state index contributed by atoms with van der Waals surface area (Å²) in [4.78, 5) is 4.05. The van der Waals surface area contributed by atoms with Crippen molar-refractivity contribution in [3.8, 4) is 17.1 Å². The van der Waals surface area contributed by atoms with Crippen molar-refractivity contribution in [1.82, 2.24) is 19.7 Å². The molecule has 0 atom stereocenters. The molecule has 0 fully saturated rings. The third-order valence-corrected chi connectivity index (χ3v) is 4.56. The molecule has 2 aromatic heterocycles. The summed E-state index contributed by atoms with van der Waals surface area (Å²) in [5.74, 6) is 2.54. The minimum Gasteiger partial charge on any atom is -0.492 e. The van der Waals surface area contributed by atoms with Gasteiger partial charge in [0.15, 0.2) is 11.0 Å². The predicted molar refractivity (Wildman–Crippen MR) is 101 cm³/mol. The Morgan fingerprint density at radius 2 is 1.96 bits per heavy atom. The molecule has 0 bridgehead atoms. The molecule has 0 aliphatic heterocycles. The summed E-state index contributed by atoms with van der Waals surface area (Å²) in [5.41, 5.74) is 2.13. The van der Waals surface area contributed by atoms with Gasteiger partial charge in [-0.15, -0.1) is 16.8 Å². The van der Waals surface area contributed by atoms with E-state index in [1.807, 2.05) is 49.4 Å². The van der Waals surface area contributed by atoms with Crippen molar-refractivity contribution in [3.05, 3.63) is 67.0 Å². The van der Waals surface area contributed by atoms with E-state index in [0.717, 1.165) is 33.6 Å². The highest BCUT2D eigenvalue weighted by molar-refractivity contribution is 7.99. The summed E-state index contributed by atoms with van der Waals surface area (Å²) < 4.78 is 7.90. The summed E-state index contributed by atoms with van der Waals surface area (Å²) in [6.07, 6.45) is 5.36. The third-order valence-electron chi connectivity index (χ3n) is 3.63. The monoisotopic (exact) mass is 352 g/mol. The molecular weight excluding hydrogens is 332 g/mol. The number of allylic oxidation sites excluding steroid dienone is 1. The normalized spacial score (nSPS) is 10.6. The van der Waals surface area contributed by atoms with Gasteiger partial charge in [-0.25, -0.2) is 0 Å². The second-order valence-electron chi connectivity index (χ2n) is 5.40. The summed E-state index contributed by atoms with van der Waals surface area (Å²) in [6, 6.07) is 11.9. The lowest BCUT2D eigenvalue weighted by Gasteiger charge is -2.09. The lowest BCUT2D eigenvalue weighted by molar-refractivity contribution is 0.341. The Labute approximate surface area is 151 Å². The van der Waals surface area contributed by atoms with E-state index in [-0.39, 0.29) is 0 Å². The molecule has 0 saturated carbocycles. The van der Waals surface area contributed by atoms with Crippen molar-refractivity contribution < 1.29 is 4.74 Å². The highest BCUT2D eigenvalue weighted by atomic mass is 32.2. The van der Waals surface area contributed by atoms with Gasteiger partial charge in [0.05, 0.1) is 6.61 Å². The van der Waals surface area contributed by atoms with Crippen LogP contribution in [0.3, 0.4) is 0 Å². The van der Waals surface area contributed by atoms with Gasteiger partial charge in [0.25, 0.3) is 0 Å². The number of aryl methyl sites for hydroxylation is 1. The number of hydrogen-bond acceptors (Lipinski definition) is 5. The van der Waals surface area contributed by atoms with Gasteiger partial charge in [0, 0.05) is 30.3 Å². The van der Waals surface area contributed by atoms with Crippen LogP contribution < -0.4 is 4.74 Å². The first-order valence-electron chi connectivity index (χ1n) is 8.05. The zero-order chi connectivity index (χ0) is 17.5. The van der Waals surface area contributed by atoms with Crippen molar-refractivity contribution >= 4 is 11.8 Å². The molecular formula is C19H20N4OS. The second-order valence-corrected chi connectivity index (χ2v) is 6.47. The van der Waals surface area contributed by atoms with Crippen molar-refractivity contribution in [1.29, 1.82) is 0 Å². The topological polar surface area (TPSA) is 52.8 Å². The quantitative estimate of drug-likeness (QED) is 0.348. The van der Waals surface area contributed by atoms with E-state index in [9.17, 15) is 0 Å².